The molecule has 1 saturated carbocycles. The molecular formula is C25H30N2O12S2. The number of nitrogens with zero attached hydrogens (tertiary/aromatic N) is 2. The summed E-state index contributed by atoms with van der Waals surface area (Å²) in [4.78, 5) is 28.8. The second-order valence-electron chi connectivity index (χ2n) is 9.44. The van der Waals surface area contributed by atoms with Gasteiger partial charge in [-0.25, -0.2) is 0 Å². The molecule has 2 aromatic carbocycles. The van der Waals surface area contributed by atoms with Crippen molar-refractivity contribution in [1.29, 1.82) is 0 Å². The first-order valence-corrected chi connectivity index (χ1v) is 15.3. The number of rotatable bonds is 10. The Hall–Kier alpha value is -3.73. The van der Waals surface area contributed by atoms with E-state index in [1.807, 2.05) is 0 Å². The number of nitro groups is 2. The molecule has 41 heavy (non-hydrogen) atoms. The van der Waals surface area contributed by atoms with E-state index in [9.17, 15) is 51.0 Å². The molecule has 1 aliphatic rings. The molecule has 0 atom stereocenters. The van der Waals surface area contributed by atoms with Crippen LogP contribution >= 0.6 is 0 Å². The molecule has 0 spiro atoms. The first kappa shape index (κ1) is 33.5. The molecule has 1 fully saturated rings. The minimum Gasteiger partial charge on any atom is -0.481 e. The van der Waals surface area contributed by atoms with Gasteiger partial charge in [0.05, 0.1) is 15.8 Å². The second-order valence-corrected chi connectivity index (χ2v) is 12.2. The lowest BCUT2D eigenvalue weighted by atomic mass is 9.80. The maximum absolute atomic E-state index is 11.5. The first-order valence-electron chi connectivity index (χ1n) is 12.5. The highest BCUT2D eigenvalue weighted by atomic mass is 32.2. The van der Waals surface area contributed by atoms with Crippen LogP contribution in [0.25, 0.3) is 12.2 Å². The maximum Gasteiger partial charge on any atom is 0.306 e. The molecule has 0 bridgehead atoms. The summed E-state index contributed by atoms with van der Waals surface area (Å²) in [6.45, 7) is 2.21. The third-order valence-corrected chi connectivity index (χ3v) is 8.39. The van der Waals surface area contributed by atoms with Crippen LogP contribution in [-0.4, -0.2) is 46.9 Å². The third kappa shape index (κ3) is 10.00. The molecule has 3 rings (SSSR count). The fraction of sp³-hybridized carbons (Fsp3) is 0.400. The van der Waals surface area contributed by atoms with Gasteiger partial charge in [0.2, 0.25) is 0 Å². The Kier molecular flexibility index (Phi) is 11.6. The molecule has 0 unspecified atom stereocenters. The lowest BCUT2D eigenvalue weighted by molar-refractivity contribution is -0.385. The van der Waals surface area contributed by atoms with Gasteiger partial charge in [-0.2, -0.15) is 16.8 Å². The number of benzene rings is 2. The highest BCUT2D eigenvalue weighted by molar-refractivity contribution is 7.86. The normalized spacial score (nSPS) is 17.4. The van der Waals surface area contributed by atoms with Gasteiger partial charge in [0.25, 0.3) is 31.6 Å². The Bertz CT molecular complexity index is 1430. The van der Waals surface area contributed by atoms with E-state index in [0.29, 0.717) is 12.1 Å². The molecule has 0 aromatic heterocycles. The summed E-state index contributed by atoms with van der Waals surface area (Å²) in [5.41, 5.74) is -1.68. The van der Waals surface area contributed by atoms with Crippen LogP contribution < -0.4 is 0 Å². The van der Waals surface area contributed by atoms with E-state index in [4.69, 9.17) is 5.11 Å². The van der Waals surface area contributed by atoms with Gasteiger partial charge in [-0.15, -0.1) is 0 Å². The van der Waals surface area contributed by atoms with E-state index in [1.165, 1.54) is 19.3 Å². The standard InChI is InChI=1S/C14H10N2O10S2.C11H20O2/c17-15(18)11-5-3-9(13(7-11)27(21,22)23)1-2-10-4-6-12(16(19)20)8-14(10)28(24,25)26;1-2-3-4-9-5-7-10(8-6-9)11(12)13/h1-8H,(H,21,22,23)(H,24,25,26);9-10H,2-8H2,1H3,(H,12,13)/b2-1+;/t;9-,10-. The largest absolute Gasteiger partial charge is 0.481 e. The number of hydrogen-bond donors (Lipinski definition) is 3. The van der Waals surface area contributed by atoms with Crippen molar-refractivity contribution < 1.29 is 45.7 Å². The lowest BCUT2D eigenvalue weighted by Crippen LogP contribution is -2.21. The zero-order chi connectivity index (χ0) is 31.0. The summed E-state index contributed by atoms with van der Waals surface area (Å²) in [6.07, 6.45) is 9.97. The highest BCUT2D eigenvalue weighted by Gasteiger charge is 2.25. The molecule has 0 heterocycles. The van der Waals surface area contributed by atoms with E-state index >= 15 is 0 Å². The number of carbonyl (C=O) groups is 1. The Morgan fingerprint density at radius 3 is 1.59 bits per heavy atom. The number of carboxylic acids is 1. The van der Waals surface area contributed by atoms with Gasteiger partial charge in [-0.1, -0.05) is 38.3 Å². The predicted octanol–water partition coefficient (Wildman–Crippen LogP) is 5.23. The van der Waals surface area contributed by atoms with Crippen molar-refractivity contribution in [3.8, 4) is 0 Å². The third-order valence-electron chi connectivity index (χ3n) is 6.58. The van der Waals surface area contributed by atoms with Crippen LogP contribution in [0.3, 0.4) is 0 Å². The molecule has 14 nitrogen and oxygen atoms in total. The van der Waals surface area contributed by atoms with Crippen molar-refractivity contribution >= 4 is 49.7 Å². The maximum atomic E-state index is 11.5. The smallest absolute Gasteiger partial charge is 0.306 e. The minimum atomic E-state index is -4.86. The SMILES string of the molecule is CCCC[C@H]1CC[C@H](C(=O)O)CC1.O=[N+]([O-])c1ccc(/C=C/c2ccc([N+](=O)[O-])cc2S(=O)(=O)O)c(S(=O)(=O)O)c1. The van der Waals surface area contributed by atoms with Crippen molar-refractivity contribution in [3.05, 3.63) is 67.8 Å². The minimum absolute atomic E-state index is 0.0436. The van der Waals surface area contributed by atoms with Gasteiger partial charge < -0.3 is 5.11 Å². The van der Waals surface area contributed by atoms with E-state index in [2.05, 4.69) is 6.92 Å². The van der Waals surface area contributed by atoms with Crippen molar-refractivity contribution in [3.63, 3.8) is 0 Å². The van der Waals surface area contributed by atoms with Crippen LogP contribution in [0.1, 0.15) is 63.0 Å². The average Bonchev–Trinajstić information content (AvgIpc) is 2.90. The van der Waals surface area contributed by atoms with Crippen LogP contribution in [-0.2, 0) is 25.0 Å². The number of hydrogen-bond acceptors (Lipinski definition) is 9. The predicted molar refractivity (Wildman–Crippen MR) is 147 cm³/mol. The number of carboxylic acid groups (broad SMARTS) is 1. The van der Waals surface area contributed by atoms with Gasteiger partial charge in [0.15, 0.2) is 0 Å². The molecule has 0 radical (unpaired) electrons. The fourth-order valence-corrected chi connectivity index (χ4v) is 5.77. The Morgan fingerprint density at radius 2 is 1.27 bits per heavy atom. The molecule has 0 aliphatic heterocycles. The number of nitro benzene ring substituents is 2. The van der Waals surface area contributed by atoms with Crippen LogP contribution in [0, 0.1) is 32.1 Å². The van der Waals surface area contributed by atoms with Gasteiger partial charge in [0.1, 0.15) is 9.79 Å². The second kappa shape index (κ2) is 14.2. The average molecular weight is 615 g/mol. The van der Waals surface area contributed by atoms with E-state index in [-0.39, 0.29) is 17.0 Å². The molecule has 16 heteroatoms. The van der Waals surface area contributed by atoms with Gasteiger partial charge in [-0.3, -0.25) is 34.1 Å². The van der Waals surface area contributed by atoms with Crippen molar-refractivity contribution in [1.82, 2.24) is 0 Å². The molecule has 2 aromatic rings. The summed E-state index contributed by atoms with van der Waals surface area (Å²) < 4.78 is 64.4. The lowest BCUT2D eigenvalue weighted by Gasteiger charge is -2.25. The van der Waals surface area contributed by atoms with Crippen molar-refractivity contribution in [2.75, 3.05) is 0 Å². The number of non-ortho nitro benzene ring substituents is 2. The molecule has 3 N–H and O–H groups in total. The molecular weight excluding hydrogens is 584 g/mol. The zero-order valence-corrected chi connectivity index (χ0v) is 23.6. The van der Waals surface area contributed by atoms with Gasteiger partial charge in [0, 0.05) is 24.3 Å². The van der Waals surface area contributed by atoms with Crippen LogP contribution in [0.4, 0.5) is 11.4 Å². The van der Waals surface area contributed by atoms with Crippen LogP contribution in [0.15, 0.2) is 46.2 Å². The summed E-state index contributed by atoms with van der Waals surface area (Å²) in [5.74, 6) is 0.183. The molecule has 0 amide bonds. The van der Waals surface area contributed by atoms with Crippen LogP contribution in [0.5, 0.6) is 0 Å². The molecule has 224 valence electrons. The van der Waals surface area contributed by atoms with E-state index in [1.54, 1.807) is 0 Å². The zero-order valence-electron chi connectivity index (χ0n) is 22.0. The Morgan fingerprint density at radius 1 is 0.854 bits per heavy atom. The van der Waals surface area contributed by atoms with E-state index < -0.39 is 57.2 Å². The summed E-state index contributed by atoms with van der Waals surface area (Å²) in [6, 6.07) is 5.11. The monoisotopic (exact) mass is 614 g/mol. The summed E-state index contributed by atoms with van der Waals surface area (Å²) in [7, 11) is -9.73. The Labute approximate surface area is 236 Å². The topological polar surface area (TPSA) is 232 Å². The van der Waals surface area contributed by atoms with Gasteiger partial charge in [-0.05, 0) is 54.9 Å². The quantitative estimate of drug-likeness (QED) is 0.135. The van der Waals surface area contributed by atoms with Crippen molar-refractivity contribution in [2.45, 2.75) is 61.7 Å². The number of unbranched alkanes of at least 4 members (excludes halogenated alkanes) is 1. The van der Waals surface area contributed by atoms with E-state index in [0.717, 1.165) is 68.0 Å². The summed E-state index contributed by atoms with van der Waals surface area (Å²) >= 11 is 0. The van der Waals surface area contributed by atoms with Crippen molar-refractivity contribution in [2.24, 2.45) is 11.8 Å². The van der Waals surface area contributed by atoms with Gasteiger partial charge >= 0.3 is 5.97 Å². The molecule has 1 aliphatic carbocycles. The fourth-order valence-electron chi connectivity index (χ4n) is 4.37. The highest BCUT2D eigenvalue weighted by Crippen LogP contribution is 2.32. The Balaban J connectivity index is 0.000000377. The van der Waals surface area contributed by atoms with Crippen LogP contribution in [0.2, 0.25) is 0 Å². The first-order chi connectivity index (χ1) is 19.0. The number of aliphatic carboxylic acids is 1. The summed E-state index contributed by atoms with van der Waals surface area (Å²) in [5, 5.41) is 30.3. The molecule has 0 saturated heterocycles.